The van der Waals surface area contributed by atoms with Gasteiger partial charge in [-0.3, -0.25) is 0 Å². The number of thioether (sulfide) groups is 1. The van der Waals surface area contributed by atoms with Crippen LogP contribution in [0.25, 0.3) is 0 Å². The van der Waals surface area contributed by atoms with Crippen LogP contribution in [0.2, 0.25) is 0 Å². The lowest BCUT2D eigenvalue weighted by Gasteiger charge is -1.88. The van der Waals surface area contributed by atoms with Crippen molar-refractivity contribution in [2.45, 2.75) is 6.42 Å². The van der Waals surface area contributed by atoms with Gasteiger partial charge in [-0.2, -0.15) is 11.8 Å². The molecule has 0 N–H and O–H groups in total. The molecule has 10 heavy (non-hydrogen) atoms. The molecular weight excluding hydrogens is 279 g/mol. The molecule has 0 amide bonds. The van der Waals surface area contributed by atoms with Gasteiger partial charge in [-0.05, 0) is 34.6 Å². The molecule has 1 aromatic heterocycles. The lowest BCUT2D eigenvalue weighted by atomic mass is 10.5. The minimum Gasteiger partial charge on any atom is -0.165 e. The standard InChI is InChI=1S/C5H7IN2S2/c1-9-3-2-4-7-8-5(6)10-4/h2-3H2,1H3. The Balaban J connectivity index is 2.42. The Morgan fingerprint density at radius 2 is 2.40 bits per heavy atom. The van der Waals surface area contributed by atoms with Crippen molar-refractivity contribution in [3.05, 3.63) is 8.02 Å². The van der Waals surface area contributed by atoms with Gasteiger partial charge in [-0.1, -0.05) is 11.3 Å². The number of rotatable bonds is 3. The van der Waals surface area contributed by atoms with Crippen LogP contribution in [0.4, 0.5) is 0 Å². The molecule has 0 aliphatic carbocycles. The SMILES string of the molecule is CSCCc1nnc(I)s1. The summed E-state index contributed by atoms with van der Waals surface area (Å²) in [6.45, 7) is 0. The van der Waals surface area contributed by atoms with E-state index in [1.54, 1.807) is 11.3 Å². The lowest BCUT2D eigenvalue weighted by Crippen LogP contribution is -1.85. The summed E-state index contributed by atoms with van der Waals surface area (Å²) in [7, 11) is 0. The molecule has 0 radical (unpaired) electrons. The molecule has 0 bridgehead atoms. The van der Waals surface area contributed by atoms with E-state index in [0.29, 0.717) is 0 Å². The smallest absolute Gasteiger partial charge is 0.165 e. The Labute approximate surface area is 82.0 Å². The van der Waals surface area contributed by atoms with Crippen molar-refractivity contribution in [1.29, 1.82) is 0 Å². The van der Waals surface area contributed by atoms with Crippen LogP contribution in [0.1, 0.15) is 5.01 Å². The van der Waals surface area contributed by atoms with Crippen LogP contribution in [0.5, 0.6) is 0 Å². The summed E-state index contributed by atoms with van der Waals surface area (Å²) in [5, 5.41) is 9.07. The maximum atomic E-state index is 4.00. The van der Waals surface area contributed by atoms with Crippen molar-refractivity contribution in [2.75, 3.05) is 12.0 Å². The van der Waals surface area contributed by atoms with Crippen molar-refractivity contribution in [1.82, 2.24) is 10.2 Å². The zero-order valence-corrected chi connectivity index (χ0v) is 9.29. The van der Waals surface area contributed by atoms with E-state index in [2.05, 4.69) is 39.0 Å². The lowest BCUT2D eigenvalue weighted by molar-refractivity contribution is 0.979. The molecule has 0 aliphatic rings. The van der Waals surface area contributed by atoms with E-state index in [-0.39, 0.29) is 0 Å². The predicted molar refractivity (Wildman–Crippen MR) is 54.7 cm³/mol. The molecule has 0 aromatic carbocycles. The van der Waals surface area contributed by atoms with Crippen LogP contribution >= 0.6 is 45.7 Å². The van der Waals surface area contributed by atoms with Gasteiger partial charge in [0.2, 0.25) is 0 Å². The van der Waals surface area contributed by atoms with Gasteiger partial charge in [0.1, 0.15) is 5.01 Å². The van der Waals surface area contributed by atoms with Gasteiger partial charge in [0, 0.05) is 6.42 Å². The zero-order valence-electron chi connectivity index (χ0n) is 5.50. The van der Waals surface area contributed by atoms with Crippen LogP contribution in [0.3, 0.4) is 0 Å². The van der Waals surface area contributed by atoms with Gasteiger partial charge in [-0.25, -0.2) is 0 Å². The Hall–Kier alpha value is 0.640. The van der Waals surface area contributed by atoms with Crippen molar-refractivity contribution in [3.8, 4) is 0 Å². The Bertz CT molecular complexity index is 201. The van der Waals surface area contributed by atoms with E-state index < -0.39 is 0 Å². The molecule has 5 heteroatoms. The quantitative estimate of drug-likeness (QED) is 0.795. The number of aromatic nitrogens is 2. The highest BCUT2D eigenvalue weighted by Gasteiger charge is 1.98. The first-order chi connectivity index (χ1) is 4.83. The van der Waals surface area contributed by atoms with Crippen LogP contribution in [0.15, 0.2) is 0 Å². The number of aryl methyl sites for hydroxylation is 1. The largest absolute Gasteiger partial charge is 0.178 e. The van der Waals surface area contributed by atoms with E-state index in [0.717, 1.165) is 20.2 Å². The van der Waals surface area contributed by atoms with Crippen LogP contribution in [0, 0.1) is 3.01 Å². The molecule has 0 aliphatic heterocycles. The molecule has 0 saturated carbocycles. The number of halogens is 1. The highest BCUT2D eigenvalue weighted by Crippen LogP contribution is 2.13. The van der Waals surface area contributed by atoms with Crippen LogP contribution < -0.4 is 0 Å². The second-order valence-corrected chi connectivity index (χ2v) is 5.49. The molecule has 1 rings (SSSR count). The molecule has 2 nitrogen and oxygen atoms in total. The monoisotopic (exact) mass is 286 g/mol. The number of hydrogen-bond donors (Lipinski definition) is 0. The molecule has 0 saturated heterocycles. The molecule has 1 aromatic rings. The van der Waals surface area contributed by atoms with Gasteiger partial charge in [-0.15, -0.1) is 10.2 Å². The van der Waals surface area contributed by atoms with Crippen molar-refractivity contribution >= 4 is 45.7 Å². The van der Waals surface area contributed by atoms with Crippen LogP contribution in [-0.2, 0) is 6.42 Å². The minimum absolute atomic E-state index is 1.04. The van der Waals surface area contributed by atoms with E-state index in [4.69, 9.17) is 0 Å². The fourth-order valence-electron chi connectivity index (χ4n) is 0.524. The average Bonchev–Trinajstić information content (AvgIpc) is 2.31. The van der Waals surface area contributed by atoms with E-state index in [1.165, 1.54) is 0 Å². The molecular formula is C5H7IN2S2. The van der Waals surface area contributed by atoms with Gasteiger partial charge < -0.3 is 0 Å². The third-order valence-corrected chi connectivity index (χ3v) is 3.22. The highest BCUT2D eigenvalue weighted by molar-refractivity contribution is 14.1. The predicted octanol–water partition coefficient (Wildman–Crippen LogP) is 2.05. The summed E-state index contributed by atoms with van der Waals surface area (Å²) in [6, 6.07) is 0. The normalized spacial score (nSPS) is 10.2. The minimum atomic E-state index is 1.04. The van der Waals surface area contributed by atoms with Crippen LogP contribution in [-0.4, -0.2) is 22.2 Å². The highest BCUT2D eigenvalue weighted by atomic mass is 127. The summed E-state index contributed by atoms with van der Waals surface area (Å²) in [5.74, 6) is 1.14. The Morgan fingerprint density at radius 1 is 1.60 bits per heavy atom. The topological polar surface area (TPSA) is 25.8 Å². The zero-order chi connectivity index (χ0) is 7.40. The molecule has 0 fully saturated rings. The Morgan fingerprint density at radius 3 is 2.90 bits per heavy atom. The van der Waals surface area contributed by atoms with Gasteiger partial charge in [0.15, 0.2) is 3.01 Å². The first-order valence-electron chi connectivity index (χ1n) is 2.79. The summed E-state index contributed by atoms with van der Waals surface area (Å²) in [5.41, 5.74) is 0. The second-order valence-electron chi connectivity index (χ2n) is 1.69. The maximum Gasteiger partial charge on any atom is 0.178 e. The van der Waals surface area contributed by atoms with E-state index >= 15 is 0 Å². The second kappa shape index (κ2) is 4.50. The first kappa shape index (κ1) is 8.73. The van der Waals surface area contributed by atoms with Crippen molar-refractivity contribution in [3.63, 3.8) is 0 Å². The Kier molecular flexibility index (Phi) is 3.93. The van der Waals surface area contributed by atoms with Gasteiger partial charge >= 0.3 is 0 Å². The molecule has 1 heterocycles. The third kappa shape index (κ3) is 2.71. The summed E-state index contributed by atoms with van der Waals surface area (Å²) in [6.07, 6.45) is 3.16. The summed E-state index contributed by atoms with van der Waals surface area (Å²) >= 11 is 5.71. The van der Waals surface area contributed by atoms with E-state index in [1.807, 2.05) is 11.8 Å². The first-order valence-corrected chi connectivity index (χ1v) is 6.08. The maximum absolute atomic E-state index is 4.00. The van der Waals surface area contributed by atoms with Gasteiger partial charge in [0.05, 0.1) is 0 Å². The van der Waals surface area contributed by atoms with Crippen molar-refractivity contribution in [2.24, 2.45) is 0 Å². The molecule has 0 unspecified atom stereocenters. The number of hydrogen-bond acceptors (Lipinski definition) is 4. The summed E-state index contributed by atoms with van der Waals surface area (Å²) in [4.78, 5) is 0. The molecule has 0 spiro atoms. The molecule has 56 valence electrons. The average molecular weight is 286 g/mol. The van der Waals surface area contributed by atoms with Gasteiger partial charge in [0.25, 0.3) is 0 Å². The fourth-order valence-corrected chi connectivity index (χ4v) is 2.48. The fraction of sp³-hybridized carbons (Fsp3) is 0.600. The molecule has 0 atom stereocenters. The van der Waals surface area contributed by atoms with E-state index in [9.17, 15) is 0 Å². The number of nitrogens with zero attached hydrogens (tertiary/aromatic N) is 2. The summed E-state index contributed by atoms with van der Waals surface area (Å²) < 4.78 is 1.04. The van der Waals surface area contributed by atoms with Crippen molar-refractivity contribution < 1.29 is 0 Å². The third-order valence-electron chi connectivity index (χ3n) is 0.962.